The van der Waals surface area contributed by atoms with Crippen LogP contribution in [0.4, 0.5) is 15.8 Å². The molecule has 0 unspecified atom stereocenters. The topological polar surface area (TPSA) is 93.5 Å². The van der Waals surface area contributed by atoms with Crippen LogP contribution in [0.15, 0.2) is 77.7 Å². The van der Waals surface area contributed by atoms with Crippen molar-refractivity contribution in [2.24, 2.45) is 0 Å². The van der Waals surface area contributed by atoms with Gasteiger partial charge >= 0.3 is 5.97 Å². The van der Waals surface area contributed by atoms with Gasteiger partial charge < -0.3 is 15.2 Å². The van der Waals surface area contributed by atoms with Crippen molar-refractivity contribution in [2.75, 3.05) is 5.32 Å². The lowest BCUT2D eigenvalue weighted by atomic mass is 10.2. The number of aryl methyl sites for hydroxylation is 1. The van der Waals surface area contributed by atoms with Crippen LogP contribution in [0.25, 0.3) is 5.69 Å². The number of carbonyl (C=O) groups is 1. The maximum absolute atomic E-state index is 13.7. The van der Waals surface area contributed by atoms with E-state index in [-0.39, 0.29) is 22.7 Å². The number of halogens is 2. The SMILES string of the molecule is Cc1cc(Oc2cnn(-c3cccc(F)c3)c(=O)c2Nc2cccc(C(=O)O)c2)ccc1Cl. The number of hydrogen-bond donors (Lipinski definition) is 2. The van der Waals surface area contributed by atoms with Crippen molar-refractivity contribution >= 4 is 28.9 Å². The smallest absolute Gasteiger partial charge is 0.335 e. The summed E-state index contributed by atoms with van der Waals surface area (Å²) in [5.41, 5.74) is 0.750. The Morgan fingerprint density at radius 3 is 2.64 bits per heavy atom. The molecular weight excluding hydrogens is 449 g/mol. The molecule has 0 radical (unpaired) electrons. The third-order valence-electron chi connectivity index (χ3n) is 4.73. The lowest BCUT2D eigenvalue weighted by Crippen LogP contribution is -2.24. The number of carboxylic acids is 1. The number of ether oxygens (including phenoxy) is 1. The molecule has 4 aromatic rings. The molecule has 0 aliphatic heterocycles. The molecule has 9 heteroatoms. The summed E-state index contributed by atoms with van der Waals surface area (Å²) in [7, 11) is 0. The van der Waals surface area contributed by atoms with Crippen molar-refractivity contribution in [1.82, 2.24) is 9.78 Å². The number of anilines is 2. The average molecular weight is 466 g/mol. The van der Waals surface area contributed by atoms with Crippen LogP contribution >= 0.6 is 11.6 Å². The van der Waals surface area contributed by atoms with Gasteiger partial charge in [-0.05, 0) is 67.1 Å². The van der Waals surface area contributed by atoms with Crippen LogP contribution in [0.3, 0.4) is 0 Å². The fourth-order valence-corrected chi connectivity index (χ4v) is 3.22. The van der Waals surface area contributed by atoms with E-state index in [0.717, 1.165) is 10.2 Å². The highest BCUT2D eigenvalue weighted by atomic mass is 35.5. The summed E-state index contributed by atoms with van der Waals surface area (Å²) in [4.78, 5) is 24.7. The molecule has 0 atom stereocenters. The van der Waals surface area contributed by atoms with Crippen LogP contribution in [0.5, 0.6) is 11.5 Å². The van der Waals surface area contributed by atoms with Crippen molar-refractivity contribution in [2.45, 2.75) is 6.92 Å². The Morgan fingerprint density at radius 1 is 1.12 bits per heavy atom. The number of carboxylic acid groups (broad SMARTS) is 1. The van der Waals surface area contributed by atoms with Gasteiger partial charge in [0.2, 0.25) is 0 Å². The summed E-state index contributed by atoms with van der Waals surface area (Å²) in [6.45, 7) is 1.81. The number of hydrogen-bond acceptors (Lipinski definition) is 5. The van der Waals surface area contributed by atoms with E-state index in [1.54, 1.807) is 30.3 Å². The number of benzene rings is 3. The maximum Gasteiger partial charge on any atom is 0.335 e. The number of rotatable bonds is 6. The zero-order valence-corrected chi connectivity index (χ0v) is 18.0. The lowest BCUT2D eigenvalue weighted by Gasteiger charge is -2.15. The lowest BCUT2D eigenvalue weighted by molar-refractivity contribution is 0.0697. The van der Waals surface area contributed by atoms with Gasteiger partial charge in [0.05, 0.1) is 17.4 Å². The first-order chi connectivity index (χ1) is 15.8. The van der Waals surface area contributed by atoms with Gasteiger partial charge in [-0.3, -0.25) is 4.79 Å². The van der Waals surface area contributed by atoms with E-state index in [4.69, 9.17) is 16.3 Å². The molecule has 4 rings (SSSR count). The van der Waals surface area contributed by atoms with Crippen molar-refractivity contribution < 1.29 is 19.0 Å². The molecule has 7 nitrogen and oxygen atoms in total. The fourth-order valence-electron chi connectivity index (χ4n) is 3.10. The van der Waals surface area contributed by atoms with Crippen LogP contribution < -0.4 is 15.6 Å². The van der Waals surface area contributed by atoms with Crippen molar-refractivity contribution in [3.8, 4) is 17.2 Å². The van der Waals surface area contributed by atoms with E-state index in [9.17, 15) is 19.1 Å². The quantitative estimate of drug-likeness (QED) is 0.387. The Hall–Kier alpha value is -4.17. The van der Waals surface area contributed by atoms with Crippen LogP contribution in [-0.4, -0.2) is 20.9 Å². The summed E-state index contributed by atoms with van der Waals surface area (Å²) >= 11 is 6.08. The van der Waals surface area contributed by atoms with E-state index in [0.29, 0.717) is 16.5 Å². The number of nitrogens with zero attached hydrogens (tertiary/aromatic N) is 2. The molecule has 1 heterocycles. The highest BCUT2D eigenvalue weighted by Crippen LogP contribution is 2.31. The van der Waals surface area contributed by atoms with Gasteiger partial charge in [-0.25, -0.2) is 9.18 Å². The van der Waals surface area contributed by atoms with Gasteiger partial charge in [-0.2, -0.15) is 9.78 Å². The highest BCUT2D eigenvalue weighted by Gasteiger charge is 2.17. The number of nitrogens with one attached hydrogen (secondary N) is 1. The fraction of sp³-hybridized carbons (Fsp3) is 0.0417. The van der Waals surface area contributed by atoms with Crippen LogP contribution in [-0.2, 0) is 0 Å². The van der Waals surface area contributed by atoms with Gasteiger partial charge in [-0.1, -0.05) is 23.7 Å². The van der Waals surface area contributed by atoms with E-state index in [1.165, 1.54) is 42.6 Å². The second-order valence-corrected chi connectivity index (χ2v) is 7.51. The molecule has 3 aromatic carbocycles. The first-order valence-electron chi connectivity index (χ1n) is 9.74. The summed E-state index contributed by atoms with van der Waals surface area (Å²) in [6.07, 6.45) is 1.32. The minimum absolute atomic E-state index is 0.00981. The molecule has 0 aliphatic rings. The third kappa shape index (κ3) is 4.86. The molecule has 1 aromatic heterocycles. The minimum Gasteiger partial charge on any atom is -0.478 e. The van der Waals surface area contributed by atoms with Crippen molar-refractivity contribution in [3.63, 3.8) is 0 Å². The Kier molecular flexibility index (Phi) is 6.10. The van der Waals surface area contributed by atoms with Gasteiger partial charge in [0.15, 0.2) is 11.4 Å². The first-order valence-corrected chi connectivity index (χ1v) is 10.1. The van der Waals surface area contributed by atoms with Crippen molar-refractivity contribution in [3.05, 3.63) is 105 Å². The van der Waals surface area contributed by atoms with E-state index in [1.807, 2.05) is 6.92 Å². The maximum atomic E-state index is 13.7. The minimum atomic E-state index is -1.11. The Bertz CT molecular complexity index is 1420. The Morgan fingerprint density at radius 2 is 1.91 bits per heavy atom. The molecule has 0 amide bonds. The van der Waals surface area contributed by atoms with Gasteiger partial charge in [0.25, 0.3) is 5.56 Å². The summed E-state index contributed by atoms with van der Waals surface area (Å²) in [5.74, 6) is -1.13. The predicted octanol–water partition coefficient (Wildman–Crippen LogP) is 5.57. The monoisotopic (exact) mass is 465 g/mol. The molecule has 0 fully saturated rings. The van der Waals surface area contributed by atoms with Crippen LogP contribution in [0, 0.1) is 12.7 Å². The standard InChI is InChI=1S/C24H17ClFN3O4/c1-14-10-19(8-9-20(14)25)33-21-13-27-29(18-7-3-5-16(26)12-18)23(30)22(21)28-17-6-2-4-15(11-17)24(31)32/h2-13,28H,1H3,(H,31,32). The van der Waals surface area contributed by atoms with Crippen molar-refractivity contribution in [1.29, 1.82) is 0 Å². The van der Waals surface area contributed by atoms with Gasteiger partial charge in [0.1, 0.15) is 11.6 Å². The van der Waals surface area contributed by atoms with E-state index in [2.05, 4.69) is 10.4 Å². The van der Waals surface area contributed by atoms with Crippen LogP contribution in [0.2, 0.25) is 5.02 Å². The van der Waals surface area contributed by atoms with E-state index < -0.39 is 17.3 Å². The molecule has 0 bridgehead atoms. The predicted molar refractivity (Wildman–Crippen MR) is 123 cm³/mol. The molecule has 2 N–H and O–H groups in total. The molecule has 0 spiro atoms. The van der Waals surface area contributed by atoms with Gasteiger partial charge in [-0.15, -0.1) is 0 Å². The molecule has 0 saturated carbocycles. The van der Waals surface area contributed by atoms with Gasteiger partial charge in [0, 0.05) is 10.7 Å². The third-order valence-corrected chi connectivity index (χ3v) is 5.16. The second kappa shape index (κ2) is 9.13. The molecular formula is C24H17ClFN3O4. The zero-order valence-electron chi connectivity index (χ0n) is 17.3. The Labute approximate surface area is 192 Å². The summed E-state index contributed by atoms with van der Waals surface area (Å²) in [5, 5.41) is 16.9. The largest absolute Gasteiger partial charge is 0.478 e. The second-order valence-electron chi connectivity index (χ2n) is 7.10. The van der Waals surface area contributed by atoms with Crippen LogP contribution in [0.1, 0.15) is 15.9 Å². The summed E-state index contributed by atoms with van der Waals surface area (Å²) < 4.78 is 20.7. The molecule has 0 aliphatic carbocycles. The average Bonchev–Trinajstić information content (AvgIpc) is 2.79. The normalized spacial score (nSPS) is 10.6. The molecule has 0 saturated heterocycles. The Balaban J connectivity index is 1.82. The zero-order chi connectivity index (χ0) is 23.5. The molecule has 166 valence electrons. The first kappa shape index (κ1) is 22.0. The van der Waals surface area contributed by atoms with E-state index >= 15 is 0 Å². The number of aromatic carboxylic acids is 1. The highest BCUT2D eigenvalue weighted by molar-refractivity contribution is 6.31. The number of aromatic nitrogens is 2. The molecule has 33 heavy (non-hydrogen) atoms. The summed E-state index contributed by atoms with van der Waals surface area (Å²) in [6, 6.07) is 16.4.